The summed E-state index contributed by atoms with van der Waals surface area (Å²) in [6.45, 7) is 2.84. The maximum Gasteiger partial charge on any atom is 0.167 e. The van der Waals surface area contributed by atoms with Crippen LogP contribution in [0, 0.1) is 17.5 Å². The number of ether oxygens (including phenoxy) is 3. The fourth-order valence-electron chi connectivity index (χ4n) is 3.68. The molecule has 6 heteroatoms. The zero-order chi connectivity index (χ0) is 24.8. The Hall–Kier alpha value is -3.77. The Morgan fingerprint density at radius 2 is 1.23 bits per heavy atom. The maximum absolute atomic E-state index is 14.9. The molecule has 0 radical (unpaired) electrons. The lowest BCUT2D eigenvalue weighted by Gasteiger charge is -2.11. The second-order valence-corrected chi connectivity index (χ2v) is 7.89. The van der Waals surface area contributed by atoms with Crippen LogP contribution in [0.1, 0.15) is 18.1 Å². The molecule has 35 heavy (non-hydrogen) atoms. The Bertz CT molecular complexity index is 1290. The summed E-state index contributed by atoms with van der Waals surface area (Å²) >= 11 is 0. The van der Waals surface area contributed by atoms with Crippen molar-refractivity contribution in [1.82, 2.24) is 0 Å². The summed E-state index contributed by atoms with van der Waals surface area (Å²) in [5, 5.41) is 0. The second-order valence-electron chi connectivity index (χ2n) is 7.89. The SMILES string of the molecule is CCOCc1ccc(COc2ccc(-c3ccc(-c4ccc(OC)cc4)c(F)c3F)cc2)c(F)c1. The lowest BCUT2D eigenvalue weighted by Crippen LogP contribution is -2.00. The van der Waals surface area contributed by atoms with E-state index in [9.17, 15) is 13.2 Å². The molecule has 0 unspecified atom stereocenters. The third kappa shape index (κ3) is 5.66. The molecule has 4 aromatic rings. The van der Waals surface area contributed by atoms with Gasteiger partial charge in [0.2, 0.25) is 0 Å². The molecule has 0 aliphatic carbocycles. The van der Waals surface area contributed by atoms with Gasteiger partial charge in [0, 0.05) is 23.3 Å². The molecule has 0 aliphatic rings. The highest BCUT2D eigenvalue weighted by Gasteiger charge is 2.16. The Morgan fingerprint density at radius 1 is 0.657 bits per heavy atom. The molecule has 3 nitrogen and oxygen atoms in total. The van der Waals surface area contributed by atoms with Gasteiger partial charge in [0.05, 0.1) is 13.7 Å². The van der Waals surface area contributed by atoms with Crippen molar-refractivity contribution in [3.8, 4) is 33.8 Å². The molecule has 0 fully saturated rings. The van der Waals surface area contributed by atoms with Crippen LogP contribution in [0.3, 0.4) is 0 Å². The lowest BCUT2D eigenvalue weighted by atomic mass is 9.98. The predicted octanol–water partition coefficient (Wildman–Crippen LogP) is 7.56. The number of benzene rings is 4. The number of hydrogen-bond acceptors (Lipinski definition) is 3. The number of methoxy groups -OCH3 is 1. The van der Waals surface area contributed by atoms with Gasteiger partial charge < -0.3 is 14.2 Å². The van der Waals surface area contributed by atoms with Crippen LogP contribution in [0.15, 0.2) is 78.9 Å². The molecule has 0 saturated heterocycles. The summed E-state index contributed by atoms with van der Waals surface area (Å²) in [6.07, 6.45) is 0. The van der Waals surface area contributed by atoms with Gasteiger partial charge in [0.1, 0.15) is 23.9 Å². The van der Waals surface area contributed by atoms with E-state index < -0.39 is 11.6 Å². The smallest absolute Gasteiger partial charge is 0.167 e. The molecule has 0 atom stereocenters. The summed E-state index contributed by atoms with van der Waals surface area (Å²) in [5.74, 6) is -1.09. The molecule has 0 N–H and O–H groups in total. The van der Waals surface area contributed by atoms with Crippen molar-refractivity contribution in [3.63, 3.8) is 0 Å². The molecule has 4 rings (SSSR count). The van der Waals surface area contributed by atoms with E-state index in [1.807, 2.05) is 6.92 Å². The van der Waals surface area contributed by atoms with Crippen LogP contribution >= 0.6 is 0 Å². The maximum atomic E-state index is 14.9. The van der Waals surface area contributed by atoms with Crippen molar-refractivity contribution in [1.29, 1.82) is 0 Å². The van der Waals surface area contributed by atoms with E-state index in [4.69, 9.17) is 14.2 Å². The van der Waals surface area contributed by atoms with Crippen LogP contribution in [-0.4, -0.2) is 13.7 Å². The highest BCUT2D eigenvalue weighted by molar-refractivity contribution is 5.72. The first-order valence-corrected chi connectivity index (χ1v) is 11.2. The topological polar surface area (TPSA) is 27.7 Å². The molecular weight excluding hydrogens is 453 g/mol. The minimum Gasteiger partial charge on any atom is -0.497 e. The molecule has 0 aliphatic heterocycles. The van der Waals surface area contributed by atoms with Crippen LogP contribution < -0.4 is 9.47 Å². The standard InChI is InChI=1S/C29H25F3O3/c1-3-34-17-19-4-5-22(27(30)16-19)18-35-24-12-8-21(9-13-24)26-15-14-25(28(31)29(26)32)20-6-10-23(33-2)11-7-20/h4-16H,3,17-18H2,1-2H3. The molecular formula is C29H25F3O3. The molecule has 0 heterocycles. The second kappa shape index (κ2) is 11.1. The summed E-state index contributed by atoms with van der Waals surface area (Å²) in [6, 6.07) is 21.3. The van der Waals surface area contributed by atoms with Gasteiger partial charge in [-0.3, -0.25) is 0 Å². The first-order valence-electron chi connectivity index (χ1n) is 11.2. The summed E-state index contributed by atoms with van der Waals surface area (Å²) in [5.41, 5.74) is 2.53. The lowest BCUT2D eigenvalue weighted by molar-refractivity contribution is 0.134. The van der Waals surface area contributed by atoms with Crippen molar-refractivity contribution in [2.45, 2.75) is 20.1 Å². The Balaban J connectivity index is 1.46. The zero-order valence-corrected chi connectivity index (χ0v) is 19.5. The van der Waals surface area contributed by atoms with Gasteiger partial charge in [-0.1, -0.05) is 48.5 Å². The molecule has 0 saturated carbocycles. The van der Waals surface area contributed by atoms with E-state index in [2.05, 4.69) is 0 Å². The normalized spacial score (nSPS) is 10.9. The van der Waals surface area contributed by atoms with E-state index >= 15 is 0 Å². The number of hydrogen-bond donors (Lipinski definition) is 0. The van der Waals surface area contributed by atoms with Crippen molar-refractivity contribution < 1.29 is 27.4 Å². The third-order valence-electron chi connectivity index (χ3n) is 5.63. The van der Waals surface area contributed by atoms with Gasteiger partial charge in [-0.15, -0.1) is 0 Å². The van der Waals surface area contributed by atoms with Gasteiger partial charge in [-0.25, -0.2) is 13.2 Å². The molecule has 0 bridgehead atoms. The van der Waals surface area contributed by atoms with Crippen LogP contribution in [0.5, 0.6) is 11.5 Å². The largest absolute Gasteiger partial charge is 0.497 e. The van der Waals surface area contributed by atoms with Crippen molar-refractivity contribution in [2.24, 2.45) is 0 Å². The first-order chi connectivity index (χ1) is 17.0. The Kier molecular flexibility index (Phi) is 7.73. The first kappa shape index (κ1) is 24.4. The van der Waals surface area contributed by atoms with E-state index in [0.29, 0.717) is 41.4 Å². The zero-order valence-electron chi connectivity index (χ0n) is 19.5. The van der Waals surface area contributed by atoms with Crippen molar-refractivity contribution in [3.05, 3.63) is 107 Å². The van der Waals surface area contributed by atoms with E-state index in [1.54, 1.807) is 79.9 Å². The average Bonchev–Trinajstić information content (AvgIpc) is 2.89. The van der Waals surface area contributed by atoms with Crippen LogP contribution in [0.2, 0.25) is 0 Å². The molecule has 180 valence electrons. The fourth-order valence-corrected chi connectivity index (χ4v) is 3.68. The van der Waals surface area contributed by atoms with E-state index in [1.165, 1.54) is 6.07 Å². The monoisotopic (exact) mass is 478 g/mol. The van der Waals surface area contributed by atoms with Gasteiger partial charge in [-0.2, -0.15) is 0 Å². The minimum atomic E-state index is -0.929. The fraction of sp³-hybridized carbons (Fsp3) is 0.172. The number of rotatable bonds is 9. The van der Waals surface area contributed by atoms with E-state index in [-0.39, 0.29) is 23.6 Å². The minimum absolute atomic E-state index is 0.0413. The summed E-state index contributed by atoms with van der Waals surface area (Å²) in [7, 11) is 1.54. The van der Waals surface area contributed by atoms with Crippen LogP contribution in [0.25, 0.3) is 22.3 Å². The van der Waals surface area contributed by atoms with E-state index in [0.717, 1.165) is 5.56 Å². The van der Waals surface area contributed by atoms with Crippen LogP contribution in [-0.2, 0) is 18.0 Å². The van der Waals surface area contributed by atoms with Crippen molar-refractivity contribution in [2.75, 3.05) is 13.7 Å². The average molecular weight is 479 g/mol. The van der Waals surface area contributed by atoms with Gasteiger partial charge in [0.15, 0.2) is 11.6 Å². The van der Waals surface area contributed by atoms with Crippen LogP contribution in [0.4, 0.5) is 13.2 Å². The summed E-state index contributed by atoms with van der Waals surface area (Å²) in [4.78, 5) is 0. The molecule has 0 spiro atoms. The van der Waals surface area contributed by atoms with Gasteiger partial charge in [-0.05, 0) is 53.9 Å². The highest BCUT2D eigenvalue weighted by Crippen LogP contribution is 2.33. The number of halogens is 3. The molecule has 0 aromatic heterocycles. The quantitative estimate of drug-likeness (QED) is 0.248. The van der Waals surface area contributed by atoms with Gasteiger partial charge in [0.25, 0.3) is 0 Å². The summed E-state index contributed by atoms with van der Waals surface area (Å²) < 4.78 is 60.2. The Labute approximate surface area is 202 Å². The third-order valence-corrected chi connectivity index (χ3v) is 5.63. The highest BCUT2D eigenvalue weighted by atomic mass is 19.2. The Morgan fingerprint density at radius 3 is 1.74 bits per heavy atom. The predicted molar refractivity (Wildman–Crippen MR) is 130 cm³/mol. The van der Waals surface area contributed by atoms with Gasteiger partial charge >= 0.3 is 0 Å². The molecule has 0 amide bonds. The van der Waals surface area contributed by atoms with Crippen molar-refractivity contribution >= 4 is 0 Å². The molecule has 4 aromatic carbocycles.